The Morgan fingerprint density at radius 1 is 1.08 bits per heavy atom. The van der Waals surface area contributed by atoms with Crippen molar-refractivity contribution in [1.82, 2.24) is 4.98 Å². The lowest BCUT2D eigenvalue weighted by molar-refractivity contribution is 0.670. The molecule has 0 amide bonds. The van der Waals surface area contributed by atoms with Gasteiger partial charge in [-0.2, -0.15) is 0 Å². The van der Waals surface area contributed by atoms with E-state index in [0.29, 0.717) is 11.1 Å². The van der Waals surface area contributed by atoms with Gasteiger partial charge in [0.1, 0.15) is 11.2 Å². The quantitative estimate of drug-likeness (QED) is 0.351. The number of pyridine rings is 1. The summed E-state index contributed by atoms with van der Waals surface area (Å²) in [6.07, 6.45) is -0.309. The number of hydrogen-bond acceptors (Lipinski definition) is 3. The van der Waals surface area contributed by atoms with Crippen molar-refractivity contribution in [3.05, 3.63) is 65.1 Å². The van der Waals surface area contributed by atoms with Crippen molar-refractivity contribution >= 4 is 43.4 Å². The number of rotatable bonds is 1. The number of hydrogen-bond donors (Lipinski definition) is 0. The van der Waals surface area contributed by atoms with E-state index < -0.39 is 0 Å². The number of para-hydroxylation sites is 1. The molecule has 0 N–H and O–H groups in total. The van der Waals surface area contributed by atoms with Gasteiger partial charge in [0, 0.05) is 37.5 Å². The summed E-state index contributed by atoms with van der Waals surface area (Å²) < 4.78 is 39.2. The lowest BCUT2D eigenvalue weighted by atomic mass is 10.0. The van der Waals surface area contributed by atoms with E-state index in [0.717, 1.165) is 16.4 Å². The predicted octanol–water partition coefficient (Wildman–Crippen LogP) is 6.48. The van der Waals surface area contributed by atoms with Crippen LogP contribution in [0.3, 0.4) is 0 Å². The van der Waals surface area contributed by atoms with Crippen LogP contribution in [0.5, 0.6) is 0 Å². The van der Waals surface area contributed by atoms with Gasteiger partial charge >= 0.3 is 0 Å². The van der Waals surface area contributed by atoms with Gasteiger partial charge in [0.25, 0.3) is 0 Å². The second kappa shape index (κ2) is 4.92. The number of aryl methyl sites for hydroxylation is 2. The summed E-state index contributed by atoms with van der Waals surface area (Å²) in [4.78, 5) is 5.39. The summed E-state index contributed by atoms with van der Waals surface area (Å²) in [5.74, 6) is 0. The Bertz CT molecular complexity index is 1430. The third kappa shape index (κ3) is 1.79. The van der Waals surface area contributed by atoms with Crippen molar-refractivity contribution in [2.75, 3.05) is 0 Å². The molecule has 3 aromatic heterocycles. The fourth-order valence-corrected chi connectivity index (χ4v) is 4.37. The minimum atomic E-state index is -0.336. The number of thiophene rings is 1. The van der Waals surface area contributed by atoms with Gasteiger partial charge < -0.3 is 4.42 Å². The highest BCUT2D eigenvalue weighted by molar-refractivity contribution is 7.19. The molecule has 5 aromatic rings. The summed E-state index contributed by atoms with van der Waals surface area (Å²) in [5, 5.41) is 3.14. The zero-order chi connectivity index (χ0) is 19.7. The Morgan fingerprint density at radius 3 is 2.92 bits per heavy atom. The van der Waals surface area contributed by atoms with Crippen LogP contribution in [0.25, 0.3) is 43.3 Å². The van der Waals surface area contributed by atoms with Crippen LogP contribution in [-0.2, 0) is 0 Å². The van der Waals surface area contributed by atoms with Gasteiger partial charge in [-0.3, -0.25) is 4.98 Å². The molecule has 0 saturated carbocycles. The summed E-state index contributed by atoms with van der Waals surface area (Å²) >= 11 is 1.76. The zero-order valence-corrected chi connectivity index (χ0v) is 14.0. The van der Waals surface area contributed by atoms with Gasteiger partial charge in [-0.15, -0.1) is 11.3 Å². The summed E-state index contributed by atoms with van der Waals surface area (Å²) in [7, 11) is 0. The van der Waals surface area contributed by atoms with E-state index >= 15 is 0 Å². The SMILES string of the molecule is [2H]c1nc(-c2cccc3c2oc2ccc4sc(C)c(C)c4c23)c([2H])c([2H])c1[2H]. The van der Waals surface area contributed by atoms with Crippen LogP contribution in [0.4, 0.5) is 0 Å². The minimum absolute atomic E-state index is 0.165. The molecule has 0 aliphatic rings. The molecule has 0 spiro atoms. The molecular formula is C21H15NOS. The molecule has 2 aromatic carbocycles. The van der Waals surface area contributed by atoms with Crippen LogP contribution in [0.15, 0.2) is 59.0 Å². The standard InChI is InChI=1S/C21H15NOS/c1-12-13(2)24-18-10-9-17-20(19(12)18)15-7-5-6-14(21(15)23-17)16-8-3-4-11-22-16/h3-11H,1-2H3/i3D,4D,8D,11D. The molecule has 2 nitrogen and oxygen atoms in total. The van der Waals surface area contributed by atoms with Crippen molar-refractivity contribution in [3.63, 3.8) is 0 Å². The summed E-state index contributed by atoms with van der Waals surface area (Å²) in [6, 6.07) is 8.89. The summed E-state index contributed by atoms with van der Waals surface area (Å²) in [6.45, 7) is 4.23. The monoisotopic (exact) mass is 333 g/mol. The molecular weight excluding hydrogens is 314 g/mol. The number of fused-ring (bicyclic) bond motifs is 5. The molecule has 116 valence electrons. The third-order valence-electron chi connectivity index (χ3n) is 4.51. The Balaban J connectivity index is 1.94. The van der Waals surface area contributed by atoms with E-state index in [1.54, 1.807) is 17.4 Å². The fraction of sp³-hybridized carbons (Fsp3) is 0.0952. The van der Waals surface area contributed by atoms with Gasteiger partial charge in [0.2, 0.25) is 0 Å². The molecule has 0 saturated heterocycles. The van der Waals surface area contributed by atoms with E-state index in [2.05, 4.69) is 24.9 Å². The first-order chi connectivity index (χ1) is 13.4. The van der Waals surface area contributed by atoms with Gasteiger partial charge in [0.15, 0.2) is 0 Å². The van der Waals surface area contributed by atoms with Crippen LogP contribution >= 0.6 is 11.3 Å². The minimum Gasteiger partial charge on any atom is -0.455 e. The second-order valence-electron chi connectivity index (χ2n) is 5.83. The highest BCUT2D eigenvalue weighted by Gasteiger charge is 2.17. The first-order valence-corrected chi connectivity index (χ1v) is 8.48. The average Bonchev–Trinajstić information content (AvgIpc) is 3.20. The number of nitrogens with zero attached hydrogens (tertiary/aromatic N) is 1. The third-order valence-corrected chi connectivity index (χ3v) is 5.69. The van der Waals surface area contributed by atoms with E-state index in [4.69, 9.17) is 9.90 Å². The van der Waals surface area contributed by atoms with Crippen LogP contribution in [0.1, 0.15) is 15.9 Å². The first kappa shape index (κ1) is 10.3. The molecule has 3 heteroatoms. The molecule has 0 radical (unpaired) electrons. The summed E-state index contributed by atoms with van der Waals surface area (Å²) in [5.41, 5.74) is 3.35. The largest absolute Gasteiger partial charge is 0.455 e. The predicted molar refractivity (Wildman–Crippen MR) is 102 cm³/mol. The lowest BCUT2D eigenvalue weighted by Gasteiger charge is -2.01. The second-order valence-corrected chi connectivity index (χ2v) is 7.08. The van der Waals surface area contributed by atoms with Crippen LogP contribution in [0, 0.1) is 13.8 Å². The lowest BCUT2D eigenvalue weighted by Crippen LogP contribution is -1.82. The van der Waals surface area contributed by atoms with Crippen LogP contribution in [-0.4, -0.2) is 4.98 Å². The first-order valence-electron chi connectivity index (χ1n) is 9.67. The normalized spacial score (nSPS) is 14.1. The zero-order valence-electron chi connectivity index (χ0n) is 17.2. The van der Waals surface area contributed by atoms with E-state index in [9.17, 15) is 0 Å². The molecule has 24 heavy (non-hydrogen) atoms. The topological polar surface area (TPSA) is 26.0 Å². The molecule has 0 aliphatic carbocycles. The van der Waals surface area contributed by atoms with E-state index in [-0.39, 0.29) is 30.0 Å². The van der Waals surface area contributed by atoms with Crippen molar-refractivity contribution in [2.45, 2.75) is 13.8 Å². The molecule has 0 unspecified atom stereocenters. The Kier molecular flexibility index (Phi) is 2.10. The molecule has 3 heterocycles. The fourth-order valence-electron chi connectivity index (χ4n) is 3.29. The molecule has 0 bridgehead atoms. The van der Waals surface area contributed by atoms with Crippen molar-refractivity contribution in [1.29, 1.82) is 0 Å². The number of furan rings is 1. The van der Waals surface area contributed by atoms with Gasteiger partial charge in [-0.05, 0) is 49.7 Å². The van der Waals surface area contributed by atoms with Crippen molar-refractivity contribution < 1.29 is 9.90 Å². The van der Waals surface area contributed by atoms with Gasteiger partial charge in [-0.1, -0.05) is 18.2 Å². The highest BCUT2D eigenvalue weighted by atomic mass is 32.1. The van der Waals surface area contributed by atoms with E-state index in [1.165, 1.54) is 20.5 Å². The maximum Gasteiger partial charge on any atom is 0.144 e. The molecule has 0 aliphatic heterocycles. The van der Waals surface area contributed by atoms with Crippen molar-refractivity contribution in [2.24, 2.45) is 0 Å². The average molecular weight is 333 g/mol. The molecule has 0 atom stereocenters. The maximum atomic E-state index is 8.26. The van der Waals surface area contributed by atoms with Crippen molar-refractivity contribution in [3.8, 4) is 11.3 Å². The number of aromatic nitrogens is 1. The Labute approximate surface area is 149 Å². The maximum absolute atomic E-state index is 8.26. The van der Waals surface area contributed by atoms with Crippen LogP contribution < -0.4 is 0 Å². The molecule has 0 fully saturated rings. The highest BCUT2D eigenvalue weighted by Crippen LogP contribution is 2.42. The van der Waals surface area contributed by atoms with Gasteiger partial charge in [0.05, 0.1) is 11.2 Å². The smallest absolute Gasteiger partial charge is 0.144 e. The number of benzene rings is 2. The van der Waals surface area contributed by atoms with Crippen LogP contribution in [0.2, 0.25) is 0 Å². The molecule has 5 rings (SSSR count). The van der Waals surface area contributed by atoms with E-state index in [1.807, 2.05) is 18.2 Å². The Morgan fingerprint density at radius 2 is 2.00 bits per heavy atom. The Hall–Kier alpha value is -2.65. The van der Waals surface area contributed by atoms with Gasteiger partial charge in [-0.25, -0.2) is 0 Å².